The van der Waals surface area contributed by atoms with Gasteiger partial charge in [-0.1, -0.05) is 6.92 Å². The zero-order valence-corrected chi connectivity index (χ0v) is 11.1. The molecular formula is C13H18N2OS. The maximum Gasteiger partial charge on any atom is 0.120 e. The molecule has 0 aliphatic rings. The minimum Gasteiger partial charge on any atom is -0.468 e. The van der Waals surface area contributed by atoms with Gasteiger partial charge in [0.25, 0.3) is 0 Å². The molecule has 0 aromatic carbocycles. The van der Waals surface area contributed by atoms with Crippen molar-refractivity contribution in [3.05, 3.63) is 40.2 Å². The predicted octanol–water partition coefficient (Wildman–Crippen LogP) is 3.33. The first-order valence-electron chi connectivity index (χ1n) is 5.97. The SMILES string of the molecule is CCC(NCCc1nc(C)cs1)c1ccco1. The lowest BCUT2D eigenvalue weighted by molar-refractivity contribution is 0.406. The maximum atomic E-state index is 5.42. The van der Waals surface area contributed by atoms with E-state index in [1.54, 1.807) is 17.6 Å². The third-order valence-corrected chi connectivity index (χ3v) is 3.72. The molecule has 0 amide bonds. The van der Waals surface area contributed by atoms with Gasteiger partial charge >= 0.3 is 0 Å². The van der Waals surface area contributed by atoms with Crippen LogP contribution in [0.5, 0.6) is 0 Å². The fraction of sp³-hybridized carbons (Fsp3) is 0.462. The minimum absolute atomic E-state index is 0.311. The van der Waals surface area contributed by atoms with Crippen LogP contribution >= 0.6 is 11.3 Å². The van der Waals surface area contributed by atoms with E-state index in [1.165, 1.54) is 5.01 Å². The first kappa shape index (κ1) is 12.3. The Balaban J connectivity index is 1.81. The average Bonchev–Trinajstić information content (AvgIpc) is 2.96. The Morgan fingerprint density at radius 1 is 1.53 bits per heavy atom. The number of nitrogens with one attached hydrogen (secondary N) is 1. The largest absolute Gasteiger partial charge is 0.468 e. The number of furan rings is 1. The van der Waals surface area contributed by atoms with Gasteiger partial charge in [-0.25, -0.2) is 4.98 Å². The monoisotopic (exact) mass is 250 g/mol. The summed E-state index contributed by atoms with van der Waals surface area (Å²) in [5.74, 6) is 1.02. The predicted molar refractivity (Wildman–Crippen MR) is 70.3 cm³/mol. The summed E-state index contributed by atoms with van der Waals surface area (Å²) in [4.78, 5) is 4.45. The standard InChI is InChI=1S/C13H18N2OS/c1-3-11(12-5-4-8-16-12)14-7-6-13-15-10(2)9-17-13/h4-5,8-9,11,14H,3,6-7H2,1-2H3. The quantitative estimate of drug-likeness (QED) is 0.854. The third-order valence-electron chi connectivity index (χ3n) is 2.69. The summed E-state index contributed by atoms with van der Waals surface area (Å²) in [7, 11) is 0. The molecule has 0 saturated heterocycles. The van der Waals surface area contributed by atoms with Crippen LogP contribution in [0.3, 0.4) is 0 Å². The van der Waals surface area contributed by atoms with Crippen molar-refractivity contribution in [2.24, 2.45) is 0 Å². The number of nitrogens with zero attached hydrogens (tertiary/aromatic N) is 1. The Morgan fingerprint density at radius 3 is 3.00 bits per heavy atom. The van der Waals surface area contributed by atoms with E-state index in [2.05, 4.69) is 22.6 Å². The Kier molecular flexibility index (Phi) is 4.34. The average molecular weight is 250 g/mol. The molecule has 0 saturated carbocycles. The smallest absolute Gasteiger partial charge is 0.120 e. The van der Waals surface area contributed by atoms with Crippen molar-refractivity contribution < 1.29 is 4.42 Å². The molecule has 2 aromatic heterocycles. The first-order valence-corrected chi connectivity index (χ1v) is 6.85. The molecule has 1 N–H and O–H groups in total. The van der Waals surface area contributed by atoms with Gasteiger partial charge in [0.05, 0.1) is 17.3 Å². The summed E-state index contributed by atoms with van der Waals surface area (Å²) in [5.41, 5.74) is 1.11. The molecule has 0 aliphatic heterocycles. The first-order chi connectivity index (χ1) is 8.29. The lowest BCUT2D eigenvalue weighted by Gasteiger charge is -2.13. The van der Waals surface area contributed by atoms with Crippen molar-refractivity contribution in [1.82, 2.24) is 10.3 Å². The number of hydrogen-bond donors (Lipinski definition) is 1. The van der Waals surface area contributed by atoms with Gasteiger partial charge in [0.2, 0.25) is 0 Å². The molecule has 1 atom stereocenters. The van der Waals surface area contributed by atoms with Crippen LogP contribution in [0.4, 0.5) is 0 Å². The second-order valence-electron chi connectivity index (χ2n) is 4.06. The highest BCUT2D eigenvalue weighted by Crippen LogP contribution is 2.17. The highest BCUT2D eigenvalue weighted by molar-refractivity contribution is 7.09. The van der Waals surface area contributed by atoms with Crippen molar-refractivity contribution >= 4 is 11.3 Å². The van der Waals surface area contributed by atoms with Crippen molar-refractivity contribution in [3.63, 3.8) is 0 Å². The Labute approximate surface area is 106 Å². The number of rotatable bonds is 6. The fourth-order valence-electron chi connectivity index (χ4n) is 1.81. The van der Waals surface area contributed by atoms with Crippen molar-refractivity contribution in [2.75, 3.05) is 6.54 Å². The molecule has 1 unspecified atom stereocenters. The Hall–Kier alpha value is -1.13. The molecule has 17 heavy (non-hydrogen) atoms. The summed E-state index contributed by atoms with van der Waals surface area (Å²) in [5, 5.41) is 6.80. The lowest BCUT2D eigenvalue weighted by Crippen LogP contribution is -2.22. The normalized spacial score (nSPS) is 12.8. The van der Waals surface area contributed by atoms with Gasteiger partial charge in [0.15, 0.2) is 0 Å². The van der Waals surface area contributed by atoms with Crippen LogP contribution in [-0.4, -0.2) is 11.5 Å². The number of aryl methyl sites for hydroxylation is 1. The van der Waals surface area contributed by atoms with Gasteiger partial charge in [0, 0.05) is 24.0 Å². The summed E-state index contributed by atoms with van der Waals surface area (Å²) < 4.78 is 5.42. The summed E-state index contributed by atoms with van der Waals surface area (Å²) in [6.45, 7) is 5.13. The highest BCUT2D eigenvalue weighted by Gasteiger charge is 2.10. The zero-order chi connectivity index (χ0) is 12.1. The molecule has 0 fully saturated rings. The van der Waals surface area contributed by atoms with Crippen LogP contribution in [0.25, 0.3) is 0 Å². The number of aromatic nitrogens is 1. The van der Waals surface area contributed by atoms with Gasteiger partial charge in [-0.05, 0) is 25.5 Å². The van der Waals surface area contributed by atoms with E-state index in [4.69, 9.17) is 4.42 Å². The minimum atomic E-state index is 0.311. The summed E-state index contributed by atoms with van der Waals surface area (Å²) in [6.07, 6.45) is 3.74. The fourth-order valence-corrected chi connectivity index (χ4v) is 2.58. The molecule has 2 aromatic rings. The van der Waals surface area contributed by atoms with Gasteiger partial charge in [-0.15, -0.1) is 11.3 Å². The van der Waals surface area contributed by atoms with Crippen LogP contribution < -0.4 is 5.32 Å². The van der Waals surface area contributed by atoms with Gasteiger partial charge in [-0.3, -0.25) is 0 Å². The van der Waals surface area contributed by atoms with Crippen LogP contribution in [0, 0.1) is 6.92 Å². The van der Waals surface area contributed by atoms with Crippen LogP contribution in [0.15, 0.2) is 28.2 Å². The van der Waals surface area contributed by atoms with Crippen molar-refractivity contribution in [2.45, 2.75) is 32.7 Å². The van der Waals surface area contributed by atoms with Gasteiger partial charge in [0.1, 0.15) is 5.76 Å². The maximum absolute atomic E-state index is 5.42. The second kappa shape index (κ2) is 5.98. The van der Waals surface area contributed by atoms with E-state index in [-0.39, 0.29) is 0 Å². The molecule has 0 bridgehead atoms. The van der Waals surface area contributed by atoms with E-state index < -0.39 is 0 Å². The van der Waals surface area contributed by atoms with Crippen LogP contribution in [0.2, 0.25) is 0 Å². The third kappa shape index (κ3) is 3.41. The van der Waals surface area contributed by atoms with E-state index in [9.17, 15) is 0 Å². The molecule has 4 heteroatoms. The van der Waals surface area contributed by atoms with Crippen molar-refractivity contribution in [1.29, 1.82) is 0 Å². The summed E-state index contributed by atoms with van der Waals surface area (Å²) in [6, 6.07) is 4.27. The summed E-state index contributed by atoms with van der Waals surface area (Å²) >= 11 is 1.73. The molecule has 0 radical (unpaired) electrons. The molecule has 2 heterocycles. The topological polar surface area (TPSA) is 38.1 Å². The Morgan fingerprint density at radius 2 is 2.41 bits per heavy atom. The Bertz CT molecular complexity index is 436. The lowest BCUT2D eigenvalue weighted by atomic mass is 10.1. The molecule has 3 nitrogen and oxygen atoms in total. The second-order valence-corrected chi connectivity index (χ2v) is 5.01. The van der Waals surface area contributed by atoms with Crippen LogP contribution in [-0.2, 0) is 6.42 Å². The molecule has 2 rings (SSSR count). The van der Waals surface area contributed by atoms with Gasteiger partial charge < -0.3 is 9.73 Å². The molecule has 0 aliphatic carbocycles. The van der Waals surface area contributed by atoms with E-state index in [1.807, 2.05) is 19.1 Å². The highest BCUT2D eigenvalue weighted by atomic mass is 32.1. The number of hydrogen-bond acceptors (Lipinski definition) is 4. The van der Waals surface area contributed by atoms with E-state index in [0.29, 0.717) is 6.04 Å². The molecule has 0 spiro atoms. The van der Waals surface area contributed by atoms with Gasteiger partial charge in [-0.2, -0.15) is 0 Å². The number of thiazole rings is 1. The molecule has 92 valence electrons. The zero-order valence-electron chi connectivity index (χ0n) is 10.3. The van der Waals surface area contributed by atoms with E-state index in [0.717, 1.165) is 30.8 Å². The van der Waals surface area contributed by atoms with Crippen LogP contribution in [0.1, 0.15) is 35.8 Å². The molecular weight excluding hydrogens is 232 g/mol. The van der Waals surface area contributed by atoms with E-state index >= 15 is 0 Å². The van der Waals surface area contributed by atoms with Crippen molar-refractivity contribution in [3.8, 4) is 0 Å².